The number of halogens is 1. The number of nitrogens with one attached hydrogen (secondary N) is 1. The summed E-state index contributed by atoms with van der Waals surface area (Å²) in [6.07, 6.45) is 0. The lowest BCUT2D eigenvalue weighted by Gasteiger charge is -1.90. The zero-order valence-electron chi connectivity index (χ0n) is 5.15. The minimum Gasteiger partial charge on any atom is -0.316 e. The van der Waals surface area contributed by atoms with Gasteiger partial charge in [0, 0.05) is 6.54 Å². The smallest absolute Gasteiger partial charge is 0.0656 e. The lowest BCUT2D eigenvalue weighted by atomic mass is 10.3. The van der Waals surface area contributed by atoms with Crippen LogP contribution in [-0.4, -0.2) is 7.05 Å². The highest BCUT2D eigenvalue weighted by Gasteiger charge is 1.92. The Bertz CT molecular complexity index is 185. The van der Waals surface area contributed by atoms with Gasteiger partial charge < -0.3 is 5.32 Å². The number of hydrogen-bond donors (Lipinski definition) is 1. The third-order valence-corrected chi connectivity index (χ3v) is 2.84. The van der Waals surface area contributed by atoms with Crippen LogP contribution in [0, 0.1) is 2.88 Å². The molecule has 0 atom stereocenters. The fourth-order valence-corrected chi connectivity index (χ4v) is 2.06. The van der Waals surface area contributed by atoms with E-state index >= 15 is 0 Å². The predicted molar refractivity (Wildman–Crippen MR) is 49.8 cm³/mol. The molecule has 0 unspecified atom stereocenters. The van der Waals surface area contributed by atoms with Crippen LogP contribution in [0.5, 0.6) is 0 Å². The Morgan fingerprint density at radius 1 is 1.78 bits per heavy atom. The van der Waals surface area contributed by atoms with Crippen molar-refractivity contribution >= 4 is 33.9 Å². The van der Waals surface area contributed by atoms with Gasteiger partial charge in [0.2, 0.25) is 0 Å². The van der Waals surface area contributed by atoms with Crippen LogP contribution in [0.1, 0.15) is 5.56 Å². The Balaban J connectivity index is 2.61. The average molecular weight is 253 g/mol. The molecule has 0 spiro atoms. The summed E-state index contributed by atoms with van der Waals surface area (Å²) in [4.78, 5) is 0. The first-order valence-corrected chi connectivity index (χ1v) is 4.66. The molecule has 1 N–H and O–H groups in total. The molecule has 1 aromatic rings. The average Bonchev–Trinajstić information content (AvgIpc) is 2.17. The van der Waals surface area contributed by atoms with E-state index < -0.39 is 0 Å². The van der Waals surface area contributed by atoms with E-state index in [2.05, 4.69) is 39.4 Å². The summed E-state index contributed by atoms with van der Waals surface area (Å²) in [5.41, 5.74) is 1.38. The molecule has 0 aliphatic carbocycles. The monoisotopic (exact) mass is 253 g/mol. The van der Waals surface area contributed by atoms with Crippen molar-refractivity contribution < 1.29 is 0 Å². The van der Waals surface area contributed by atoms with Gasteiger partial charge in [0.1, 0.15) is 0 Å². The molecule has 1 heterocycles. The van der Waals surface area contributed by atoms with E-state index in [4.69, 9.17) is 0 Å². The SMILES string of the molecule is CNCc1csc(I)c1. The van der Waals surface area contributed by atoms with Crippen LogP contribution in [0.2, 0.25) is 0 Å². The van der Waals surface area contributed by atoms with Crippen molar-refractivity contribution in [2.24, 2.45) is 0 Å². The summed E-state index contributed by atoms with van der Waals surface area (Å²) >= 11 is 4.12. The molecular formula is C6H8INS. The van der Waals surface area contributed by atoms with Gasteiger partial charge in [-0.1, -0.05) is 0 Å². The molecular weight excluding hydrogens is 245 g/mol. The van der Waals surface area contributed by atoms with Crippen molar-refractivity contribution in [3.05, 3.63) is 19.9 Å². The first kappa shape index (κ1) is 7.50. The van der Waals surface area contributed by atoms with E-state index in [0.717, 1.165) is 6.54 Å². The Kier molecular flexibility index (Phi) is 2.94. The van der Waals surface area contributed by atoms with Crippen LogP contribution in [0.3, 0.4) is 0 Å². The maximum Gasteiger partial charge on any atom is 0.0656 e. The molecule has 0 aliphatic rings. The summed E-state index contributed by atoms with van der Waals surface area (Å²) in [6, 6.07) is 2.20. The second-order valence-electron chi connectivity index (χ2n) is 1.79. The van der Waals surface area contributed by atoms with Crippen molar-refractivity contribution in [2.45, 2.75) is 6.54 Å². The van der Waals surface area contributed by atoms with Crippen molar-refractivity contribution in [2.75, 3.05) is 7.05 Å². The molecule has 0 fully saturated rings. The quantitative estimate of drug-likeness (QED) is 0.795. The summed E-state index contributed by atoms with van der Waals surface area (Å²) in [7, 11) is 1.96. The molecule has 0 saturated heterocycles. The summed E-state index contributed by atoms with van der Waals surface area (Å²) in [5.74, 6) is 0. The third kappa shape index (κ3) is 2.23. The molecule has 0 saturated carbocycles. The van der Waals surface area contributed by atoms with E-state index in [1.54, 1.807) is 11.3 Å². The highest BCUT2D eigenvalue weighted by molar-refractivity contribution is 14.1. The fraction of sp³-hybridized carbons (Fsp3) is 0.333. The van der Waals surface area contributed by atoms with Crippen LogP contribution in [0.15, 0.2) is 11.4 Å². The second-order valence-corrected chi connectivity index (χ2v) is 4.59. The molecule has 50 valence electrons. The van der Waals surface area contributed by atoms with Gasteiger partial charge in [-0.15, -0.1) is 11.3 Å². The summed E-state index contributed by atoms with van der Waals surface area (Å²) < 4.78 is 1.36. The fourth-order valence-electron chi connectivity index (χ4n) is 0.643. The molecule has 1 aromatic heterocycles. The first-order valence-electron chi connectivity index (χ1n) is 2.70. The van der Waals surface area contributed by atoms with Gasteiger partial charge in [-0.3, -0.25) is 0 Å². The van der Waals surface area contributed by atoms with Crippen molar-refractivity contribution in [1.29, 1.82) is 0 Å². The highest BCUT2D eigenvalue weighted by Crippen LogP contribution is 2.15. The zero-order chi connectivity index (χ0) is 6.69. The van der Waals surface area contributed by atoms with E-state index in [-0.39, 0.29) is 0 Å². The van der Waals surface area contributed by atoms with Gasteiger partial charge in [-0.05, 0) is 46.6 Å². The Morgan fingerprint density at radius 2 is 2.56 bits per heavy atom. The van der Waals surface area contributed by atoms with Crippen LogP contribution in [0.4, 0.5) is 0 Å². The molecule has 0 aliphatic heterocycles. The summed E-state index contributed by atoms with van der Waals surface area (Å²) in [5, 5.41) is 5.28. The van der Waals surface area contributed by atoms with Crippen LogP contribution >= 0.6 is 33.9 Å². The van der Waals surface area contributed by atoms with Crippen molar-refractivity contribution in [3.63, 3.8) is 0 Å². The Morgan fingerprint density at radius 3 is 3.00 bits per heavy atom. The van der Waals surface area contributed by atoms with Gasteiger partial charge in [0.15, 0.2) is 0 Å². The number of thiophene rings is 1. The molecule has 0 aromatic carbocycles. The number of rotatable bonds is 2. The van der Waals surface area contributed by atoms with E-state index in [9.17, 15) is 0 Å². The second kappa shape index (κ2) is 3.53. The topological polar surface area (TPSA) is 12.0 Å². The third-order valence-electron chi connectivity index (χ3n) is 1.00. The van der Waals surface area contributed by atoms with Crippen LogP contribution < -0.4 is 5.32 Å². The maximum atomic E-state index is 3.10. The molecule has 1 rings (SSSR count). The molecule has 3 heteroatoms. The normalized spacial score (nSPS) is 10.0. The largest absolute Gasteiger partial charge is 0.316 e. The van der Waals surface area contributed by atoms with Gasteiger partial charge in [-0.2, -0.15) is 0 Å². The molecule has 0 radical (unpaired) electrons. The van der Waals surface area contributed by atoms with Gasteiger partial charge in [-0.25, -0.2) is 0 Å². The molecule has 1 nitrogen and oxygen atoms in total. The van der Waals surface area contributed by atoms with Gasteiger partial charge in [0.25, 0.3) is 0 Å². The first-order chi connectivity index (χ1) is 4.33. The van der Waals surface area contributed by atoms with Crippen molar-refractivity contribution in [1.82, 2.24) is 5.32 Å². The Labute approximate surface area is 72.6 Å². The zero-order valence-corrected chi connectivity index (χ0v) is 8.12. The molecule has 0 bridgehead atoms. The molecule has 0 amide bonds. The minimum absolute atomic E-state index is 0.986. The standard InChI is InChI=1S/C6H8INS/c1-8-3-5-2-6(7)9-4-5/h2,4,8H,3H2,1H3. The van der Waals surface area contributed by atoms with Gasteiger partial charge in [0.05, 0.1) is 2.88 Å². The van der Waals surface area contributed by atoms with Crippen molar-refractivity contribution in [3.8, 4) is 0 Å². The predicted octanol–water partition coefficient (Wildman–Crippen LogP) is 2.07. The Hall–Kier alpha value is 0.390. The number of hydrogen-bond acceptors (Lipinski definition) is 2. The molecule has 9 heavy (non-hydrogen) atoms. The van der Waals surface area contributed by atoms with Crippen LogP contribution in [-0.2, 0) is 6.54 Å². The van der Waals surface area contributed by atoms with E-state index in [1.165, 1.54) is 8.45 Å². The van der Waals surface area contributed by atoms with Crippen LogP contribution in [0.25, 0.3) is 0 Å². The lowest BCUT2D eigenvalue weighted by Crippen LogP contribution is -2.03. The maximum absolute atomic E-state index is 3.10. The summed E-state index contributed by atoms with van der Waals surface area (Å²) in [6.45, 7) is 0.986. The van der Waals surface area contributed by atoms with E-state index in [1.807, 2.05) is 7.05 Å². The highest BCUT2D eigenvalue weighted by atomic mass is 127. The van der Waals surface area contributed by atoms with Gasteiger partial charge >= 0.3 is 0 Å². The minimum atomic E-state index is 0.986. The van der Waals surface area contributed by atoms with E-state index in [0.29, 0.717) is 0 Å². The lowest BCUT2D eigenvalue weighted by molar-refractivity contribution is 0.821.